The summed E-state index contributed by atoms with van der Waals surface area (Å²) in [5, 5.41) is 10.1. The molecular formula is C28H36BrN3O5. The Hall–Kier alpha value is -2.49. The van der Waals surface area contributed by atoms with Crippen molar-refractivity contribution in [3.8, 4) is 0 Å². The van der Waals surface area contributed by atoms with Crippen molar-refractivity contribution in [1.29, 1.82) is 0 Å². The molecule has 8 nitrogen and oxygen atoms in total. The molecule has 3 fully saturated rings. The molecule has 37 heavy (non-hydrogen) atoms. The van der Waals surface area contributed by atoms with Crippen molar-refractivity contribution in [2.75, 3.05) is 31.6 Å². The summed E-state index contributed by atoms with van der Waals surface area (Å²) in [6.45, 7) is 13.4. The van der Waals surface area contributed by atoms with Crippen LogP contribution in [0.1, 0.15) is 24.5 Å². The van der Waals surface area contributed by atoms with Crippen LogP contribution < -0.4 is 4.90 Å². The fourth-order valence-electron chi connectivity index (χ4n) is 6.32. The Kier molecular flexibility index (Phi) is 7.70. The summed E-state index contributed by atoms with van der Waals surface area (Å²) in [4.78, 5) is 46.6. The minimum atomic E-state index is -1.19. The zero-order valence-corrected chi connectivity index (χ0v) is 23.5. The van der Waals surface area contributed by atoms with Gasteiger partial charge in [-0.25, -0.2) is 0 Å². The van der Waals surface area contributed by atoms with E-state index < -0.39 is 35.6 Å². The molecule has 1 N–H and O–H groups in total. The van der Waals surface area contributed by atoms with Gasteiger partial charge < -0.3 is 24.5 Å². The number of benzene rings is 1. The van der Waals surface area contributed by atoms with Crippen molar-refractivity contribution in [3.63, 3.8) is 0 Å². The Morgan fingerprint density at radius 3 is 2.57 bits per heavy atom. The number of anilines is 1. The van der Waals surface area contributed by atoms with Crippen molar-refractivity contribution in [3.05, 3.63) is 54.6 Å². The molecule has 0 aromatic heterocycles. The van der Waals surface area contributed by atoms with Crippen LogP contribution >= 0.6 is 15.9 Å². The largest absolute Gasteiger partial charge is 0.394 e. The summed E-state index contributed by atoms with van der Waals surface area (Å²) in [5.41, 5.74) is 1.45. The number of aliphatic hydroxyl groups excluding tert-OH is 1. The third-order valence-corrected chi connectivity index (χ3v) is 8.84. The van der Waals surface area contributed by atoms with Crippen molar-refractivity contribution >= 4 is 39.3 Å². The van der Waals surface area contributed by atoms with Crippen LogP contribution in [0.25, 0.3) is 0 Å². The van der Waals surface area contributed by atoms with Gasteiger partial charge in [0.15, 0.2) is 0 Å². The molecule has 1 spiro atoms. The van der Waals surface area contributed by atoms with Gasteiger partial charge >= 0.3 is 0 Å². The van der Waals surface area contributed by atoms with Gasteiger partial charge in [-0.2, -0.15) is 0 Å². The molecule has 0 radical (unpaired) electrons. The maximum absolute atomic E-state index is 14.5. The topological polar surface area (TPSA) is 90.4 Å². The highest BCUT2D eigenvalue weighted by atomic mass is 79.9. The minimum absolute atomic E-state index is 0.198. The zero-order valence-electron chi connectivity index (χ0n) is 21.9. The first-order chi connectivity index (χ1) is 17.5. The third kappa shape index (κ3) is 4.25. The summed E-state index contributed by atoms with van der Waals surface area (Å²) in [6, 6.07) is 4.25. The highest BCUT2D eigenvalue weighted by molar-refractivity contribution is 9.09. The third-order valence-electron chi connectivity index (χ3n) is 8.00. The van der Waals surface area contributed by atoms with E-state index >= 15 is 0 Å². The highest BCUT2D eigenvalue weighted by Gasteiger charge is 2.77. The van der Waals surface area contributed by atoms with Gasteiger partial charge in [0.25, 0.3) is 5.91 Å². The zero-order chi connectivity index (χ0) is 27.2. The number of hydrogen-bond acceptors (Lipinski definition) is 5. The molecule has 200 valence electrons. The number of ether oxygens (including phenoxy) is 1. The van der Waals surface area contributed by atoms with Crippen LogP contribution in [0.4, 0.5) is 5.69 Å². The number of amides is 3. The molecule has 0 saturated carbocycles. The van der Waals surface area contributed by atoms with Crippen LogP contribution in [0, 0.1) is 25.7 Å². The number of nitrogens with zero attached hydrogens (tertiary/aromatic N) is 3. The standard InChI is InChI=1S/C28H36BrN3O5/c1-7-11-30(6)25(34)21-22-26(35)32(18(5)15-33)24(28(22)14-19(29)23(21)37-28)27(36)31(12-8-2)20-13-16(3)9-10-17(20)4/h7-10,13,18-19,21-24,33H,1-2,11-12,14-15H2,3-6H3/t18-,19?,21-,22+,23-,24?,28?/m1/s1. The molecule has 9 heteroatoms. The molecule has 3 amide bonds. The second-order valence-corrected chi connectivity index (χ2v) is 11.7. The Morgan fingerprint density at radius 2 is 1.95 bits per heavy atom. The van der Waals surface area contributed by atoms with E-state index in [1.807, 2.05) is 32.0 Å². The first kappa shape index (κ1) is 27.5. The van der Waals surface area contributed by atoms with Crippen molar-refractivity contribution in [2.24, 2.45) is 11.8 Å². The monoisotopic (exact) mass is 573 g/mol. The summed E-state index contributed by atoms with van der Waals surface area (Å²) in [6.07, 6.45) is 3.16. The molecule has 3 unspecified atom stereocenters. The summed E-state index contributed by atoms with van der Waals surface area (Å²) < 4.78 is 6.57. The van der Waals surface area contributed by atoms with E-state index in [1.54, 1.807) is 31.0 Å². The molecule has 3 heterocycles. The van der Waals surface area contributed by atoms with Crippen LogP contribution in [0.5, 0.6) is 0 Å². The predicted molar refractivity (Wildman–Crippen MR) is 145 cm³/mol. The molecule has 2 bridgehead atoms. The van der Waals surface area contributed by atoms with Crippen LogP contribution in [-0.4, -0.2) is 88.0 Å². The molecule has 1 aromatic carbocycles. The number of aryl methyl sites for hydroxylation is 2. The Morgan fingerprint density at radius 1 is 1.27 bits per heavy atom. The number of hydrogen-bond donors (Lipinski definition) is 1. The lowest BCUT2D eigenvalue weighted by Gasteiger charge is -2.39. The van der Waals surface area contributed by atoms with E-state index in [4.69, 9.17) is 4.74 Å². The van der Waals surface area contributed by atoms with Gasteiger partial charge in [-0.3, -0.25) is 14.4 Å². The lowest BCUT2D eigenvalue weighted by Crippen LogP contribution is -2.59. The van der Waals surface area contributed by atoms with Gasteiger partial charge in [0, 0.05) is 30.7 Å². The number of rotatable bonds is 9. The molecule has 0 aliphatic carbocycles. The second kappa shape index (κ2) is 10.3. The lowest BCUT2D eigenvalue weighted by molar-refractivity contribution is -0.146. The molecule has 4 rings (SSSR count). The molecule has 3 aliphatic heterocycles. The lowest BCUT2D eigenvalue weighted by atomic mass is 9.70. The van der Waals surface area contributed by atoms with E-state index in [1.165, 1.54) is 9.80 Å². The number of fused-ring (bicyclic) bond motifs is 1. The summed E-state index contributed by atoms with van der Waals surface area (Å²) >= 11 is 3.69. The number of halogens is 1. The molecule has 1 aromatic rings. The van der Waals surface area contributed by atoms with Gasteiger partial charge in [-0.15, -0.1) is 13.2 Å². The van der Waals surface area contributed by atoms with Crippen molar-refractivity contribution in [2.45, 2.75) is 55.8 Å². The van der Waals surface area contributed by atoms with E-state index in [9.17, 15) is 19.5 Å². The van der Waals surface area contributed by atoms with Crippen LogP contribution in [0.3, 0.4) is 0 Å². The van der Waals surface area contributed by atoms with E-state index in [-0.39, 0.29) is 35.7 Å². The fourth-order valence-corrected chi connectivity index (χ4v) is 7.27. The van der Waals surface area contributed by atoms with Crippen LogP contribution in [0.2, 0.25) is 0 Å². The number of likely N-dealkylation sites (N-methyl/N-ethyl adjacent to an activating group) is 1. The number of aliphatic hydroxyl groups is 1. The maximum atomic E-state index is 14.5. The van der Waals surface area contributed by atoms with Crippen LogP contribution in [0.15, 0.2) is 43.5 Å². The van der Waals surface area contributed by atoms with Crippen molar-refractivity contribution in [1.82, 2.24) is 9.80 Å². The summed E-state index contributed by atoms with van der Waals surface area (Å²) in [5.74, 6) is -2.41. The fraction of sp³-hybridized carbons (Fsp3) is 0.536. The second-order valence-electron chi connectivity index (χ2n) is 10.5. The number of likely N-dealkylation sites (tertiary alicyclic amines) is 1. The van der Waals surface area contributed by atoms with Gasteiger partial charge in [-0.05, 0) is 44.4 Å². The quantitative estimate of drug-likeness (QED) is 0.362. The van der Waals surface area contributed by atoms with Gasteiger partial charge in [0.2, 0.25) is 11.8 Å². The summed E-state index contributed by atoms with van der Waals surface area (Å²) in [7, 11) is 1.68. The van der Waals surface area contributed by atoms with Gasteiger partial charge in [0.1, 0.15) is 11.6 Å². The Balaban J connectivity index is 1.84. The first-order valence-corrected chi connectivity index (χ1v) is 13.6. The van der Waals surface area contributed by atoms with Gasteiger partial charge in [0.05, 0.1) is 30.6 Å². The SMILES string of the molecule is C=CCN(C)C(=O)[C@H]1[C@@H]2OC3(CC2Br)C(C(=O)N(CC=C)c2cc(C)ccc2C)N([C@H](C)CO)C(=O)[C@H]13. The maximum Gasteiger partial charge on any atom is 0.253 e. The van der Waals surface area contributed by atoms with E-state index in [0.29, 0.717) is 13.0 Å². The molecular weight excluding hydrogens is 538 g/mol. The predicted octanol–water partition coefficient (Wildman–Crippen LogP) is 2.60. The molecule has 3 saturated heterocycles. The van der Waals surface area contributed by atoms with Crippen molar-refractivity contribution < 1.29 is 24.2 Å². The van der Waals surface area contributed by atoms with Crippen LogP contribution in [-0.2, 0) is 19.1 Å². The number of carbonyl (C=O) groups is 3. The Labute approximate surface area is 227 Å². The number of carbonyl (C=O) groups excluding carboxylic acids is 3. The average Bonchev–Trinajstić information content (AvgIpc) is 3.46. The minimum Gasteiger partial charge on any atom is -0.394 e. The van der Waals surface area contributed by atoms with E-state index in [2.05, 4.69) is 29.1 Å². The Bertz CT molecular complexity index is 1130. The first-order valence-electron chi connectivity index (χ1n) is 12.6. The normalized spacial score (nSPS) is 30.7. The number of alkyl halides is 1. The molecule has 3 aliphatic rings. The highest BCUT2D eigenvalue weighted by Crippen LogP contribution is 2.60. The van der Waals surface area contributed by atoms with Gasteiger partial charge in [-0.1, -0.05) is 40.2 Å². The smallest absolute Gasteiger partial charge is 0.253 e. The average molecular weight is 575 g/mol. The molecule has 7 atom stereocenters. The van der Waals surface area contributed by atoms with E-state index in [0.717, 1.165) is 16.8 Å².